The fourth-order valence-corrected chi connectivity index (χ4v) is 2.93. The fourth-order valence-electron chi connectivity index (χ4n) is 2.64. The number of amides is 1. The lowest BCUT2D eigenvalue weighted by atomic mass is 9.81. The van der Waals surface area contributed by atoms with Crippen molar-refractivity contribution >= 4 is 23.1 Å². The molecule has 1 atom stereocenters. The SMILES string of the molecule is CC(N(C)C(=O)C1(C(N)=S)CCCC1)C(C)(C)C. The molecule has 0 spiro atoms. The lowest BCUT2D eigenvalue weighted by Gasteiger charge is -2.40. The van der Waals surface area contributed by atoms with Crippen LogP contribution in [0.1, 0.15) is 53.4 Å². The predicted molar refractivity (Wildman–Crippen MR) is 79.4 cm³/mol. The van der Waals surface area contributed by atoms with Crippen LogP contribution in [0, 0.1) is 10.8 Å². The van der Waals surface area contributed by atoms with Crippen LogP contribution in [-0.2, 0) is 4.79 Å². The zero-order valence-electron chi connectivity index (χ0n) is 12.2. The summed E-state index contributed by atoms with van der Waals surface area (Å²) in [4.78, 5) is 15.0. The minimum Gasteiger partial charge on any atom is -0.392 e. The second-order valence-electron chi connectivity index (χ2n) is 6.61. The van der Waals surface area contributed by atoms with E-state index in [4.69, 9.17) is 18.0 Å². The van der Waals surface area contributed by atoms with Crippen molar-refractivity contribution in [3.8, 4) is 0 Å². The van der Waals surface area contributed by atoms with E-state index in [1.54, 1.807) is 0 Å². The summed E-state index contributed by atoms with van der Waals surface area (Å²) >= 11 is 5.17. The molecule has 0 radical (unpaired) electrons. The molecule has 0 aromatic rings. The summed E-state index contributed by atoms with van der Waals surface area (Å²) in [6.07, 6.45) is 3.70. The molecule has 1 rings (SSSR count). The van der Waals surface area contributed by atoms with Crippen LogP contribution in [0.3, 0.4) is 0 Å². The maximum atomic E-state index is 12.8. The van der Waals surface area contributed by atoms with Gasteiger partial charge in [0.25, 0.3) is 0 Å². The molecular weight excluding hydrogens is 244 g/mol. The molecule has 1 fully saturated rings. The molecule has 1 aliphatic rings. The van der Waals surface area contributed by atoms with Crippen molar-refractivity contribution in [3.05, 3.63) is 0 Å². The summed E-state index contributed by atoms with van der Waals surface area (Å²) in [6, 6.07) is 0.164. The van der Waals surface area contributed by atoms with E-state index in [9.17, 15) is 4.79 Å². The molecule has 18 heavy (non-hydrogen) atoms. The molecule has 0 aliphatic heterocycles. The van der Waals surface area contributed by atoms with Crippen LogP contribution in [0.4, 0.5) is 0 Å². The molecule has 0 aromatic carbocycles. The average Bonchev–Trinajstić information content (AvgIpc) is 2.75. The van der Waals surface area contributed by atoms with Gasteiger partial charge in [0.2, 0.25) is 5.91 Å². The topological polar surface area (TPSA) is 46.3 Å². The Morgan fingerprint density at radius 1 is 1.33 bits per heavy atom. The monoisotopic (exact) mass is 270 g/mol. The molecule has 0 bridgehead atoms. The van der Waals surface area contributed by atoms with Crippen LogP contribution < -0.4 is 5.73 Å². The second-order valence-corrected chi connectivity index (χ2v) is 7.05. The molecule has 2 N–H and O–H groups in total. The van der Waals surface area contributed by atoms with Crippen LogP contribution in [0.15, 0.2) is 0 Å². The lowest BCUT2D eigenvalue weighted by Crippen LogP contribution is -2.53. The molecule has 3 nitrogen and oxygen atoms in total. The van der Waals surface area contributed by atoms with E-state index in [1.165, 1.54) is 0 Å². The van der Waals surface area contributed by atoms with E-state index >= 15 is 0 Å². The van der Waals surface area contributed by atoms with Crippen molar-refractivity contribution in [1.29, 1.82) is 0 Å². The Balaban J connectivity index is 2.95. The fraction of sp³-hybridized carbons (Fsp3) is 0.857. The van der Waals surface area contributed by atoms with Gasteiger partial charge in [0.15, 0.2) is 0 Å². The van der Waals surface area contributed by atoms with Crippen molar-refractivity contribution in [3.63, 3.8) is 0 Å². The van der Waals surface area contributed by atoms with Crippen LogP contribution in [0.25, 0.3) is 0 Å². The number of nitrogens with two attached hydrogens (primary N) is 1. The zero-order chi connectivity index (χ0) is 14.1. The number of carbonyl (C=O) groups is 1. The zero-order valence-corrected chi connectivity index (χ0v) is 13.1. The summed E-state index contributed by atoms with van der Waals surface area (Å²) < 4.78 is 0. The second kappa shape index (κ2) is 5.16. The number of rotatable bonds is 3. The van der Waals surface area contributed by atoms with E-state index in [0.717, 1.165) is 25.7 Å². The summed E-state index contributed by atoms with van der Waals surface area (Å²) in [5.74, 6) is 0.106. The number of hydrogen-bond acceptors (Lipinski definition) is 2. The summed E-state index contributed by atoms with van der Waals surface area (Å²) in [6.45, 7) is 8.51. The standard InChI is InChI=1S/C14H26N2OS/c1-10(13(2,3)4)16(5)12(17)14(11(15)18)8-6-7-9-14/h10H,6-9H2,1-5H3,(H2,15,18). The van der Waals surface area contributed by atoms with Gasteiger partial charge in [-0.25, -0.2) is 0 Å². The Hall–Kier alpha value is -0.640. The number of thiocarbonyl (C=S) groups is 1. The molecule has 0 heterocycles. The Bertz CT molecular complexity index is 340. The normalized spacial score (nSPS) is 20.5. The van der Waals surface area contributed by atoms with Gasteiger partial charge in [-0.1, -0.05) is 45.8 Å². The predicted octanol–water partition coefficient (Wildman–Crippen LogP) is 2.73. The van der Waals surface area contributed by atoms with Crippen LogP contribution in [0.5, 0.6) is 0 Å². The van der Waals surface area contributed by atoms with E-state index in [2.05, 4.69) is 27.7 Å². The first kappa shape index (κ1) is 15.4. The molecule has 0 aromatic heterocycles. The maximum Gasteiger partial charge on any atom is 0.235 e. The highest BCUT2D eigenvalue weighted by Crippen LogP contribution is 2.41. The van der Waals surface area contributed by atoms with Crippen molar-refractivity contribution in [2.24, 2.45) is 16.6 Å². The van der Waals surface area contributed by atoms with Gasteiger partial charge in [0.05, 0.1) is 10.4 Å². The van der Waals surface area contributed by atoms with Crippen molar-refractivity contribution < 1.29 is 4.79 Å². The van der Waals surface area contributed by atoms with E-state index in [-0.39, 0.29) is 17.4 Å². The van der Waals surface area contributed by atoms with Gasteiger partial charge in [-0.3, -0.25) is 4.79 Å². The molecule has 0 saturated heterocycles. The van der Waals surface area contributed by atoms with Crippen LogP contribution in [0.2, 0.25) is 0 Å². The van der Waals surface area contributed by atoms with Crippen LogP contribution >= 0.6 is 12.2 Å². The minimum absolute atomic E-state index is 0.0560. The van der Waals surface area contributed by atoms with E-state index < -0.39 is 5.41 Å². The lowest BCUT2D eigenvalue weighted by molar-refractivity contribution is -0.140. The molecule has 1 saturated carbocycles. The summed E-state index contributed by atoms with van der Waals surface area (Å²) in [7, 11) is 1.87. The van der Waals surface area contributed by atoms with Crippen molar-refractivity contribution in [1.82, 2.24) is 4.90 Å². The molecule has 1 aliphatic carbocycles. The van der Waals surface area contributed by atoms with Gasteiger partial charge in [-0.2, -0.15) is 0 Å². The van der Waals surface area contributed by atoms with Gasteiger partial charge in [-0.05, 0) is 25.2 Å². The molecule has 1 unspecified atom stereocenters. The number of carbonyl (C=O) groups excluding carboxylic acids is 1. The first-order valence-electron chi connectivity index (χ1n) is 6.70. The Labute approximate surface area is 116 Å². The highest BCUT2D eigenvalue weighted by Gasteiger charge is 2.47. The smallest absolute Gasteiger partial charge is 0.235 e. The molecule has 4 heteroatoms. The Morgan fingerprint density at radius 2 is 1.78 bits per heavy atom. The number of nitrogens with zero attached hydrogens (tertiary/aromatic N) is 1. The Kier molecular flexibility index (Phi) is 4.42. The van der Waals surface area contributed by atoms with Gasteiger partial charge < -0.3 is 10.6 Å². The van der Waals surface area contributed by atoms with Crippen molar-refractivity contribution in [2.75, 3.05) is 7.05 Å². The van der Waals surface area contributed by atoms with Gasteiger partial charge in [-0.15, -0.1) is 0 Å². The largest absolute Gasteiger partial charge is 0.392 e. The third kappa shape index (κ3) is 2.68. The molecule has 104 valence electrons. The summed E-state index contributed by atoms with van der Waals surface area (Å²) in [5, 5.41) is 0. The number of hydrogen-bond donors (Lipinski definition) is 1. The van der Waals surface area contributed by atoms with Gasteiger partial charge in [0.1, 0.15) is 0 Å². The van der Waals surface area contributed by atoms with Gasteiger partial charge >= 0.3 is 0 Å². The highest BCUT2D eigenvalue weighted by atomic mass is 32.1. The molecule has 1 amide bonds. The van der Waals surface area contributed by atoms with E-state index in [1.807, 2.05) is 11.9 Å². The van der Waals surface area contributed by atoms with Crippen molar-refractivity contribution in [2.45, 2.75) is 59.4 Å². The van der Waals surface area contributed by atoms with Gasteiger partial charge in [0, 0.05) is 13.1 Å². The Morgan fingerprint density at radius 3 is 2.11 bits per heavy atom. The quantitative estimate of drug-likeness (QED) is 0.802. The van der Waals surface area contributed by atoms with E-state index in [0.29, 0.717) is 4.99 Å². The average molecular weight is 270 g/mol. The third-order valence-electron chi connectivity index (χ3n) is 4.49. The summed E-state index contributed by atoms with van der Waals surface area (Å²) in [5.41, 5.74) is 5.34. The van der Waals surface area contributed by atoms with Crippen LogP contribution in [-0.4, -0.2) is 28.9 Å². The first-order valence-corrected chi connectivity index (χ1v) is 7.11. The highest BCUT2D eigenvalue weighted by molar-refractivity contribution is 7.80. The molecular formula is C14H26N2OS. The minimum atomic E-state index is -0.580. The maximum absolute atomic E-state index is 12.8. The third-order valence-corrected chi connectivity index (χ3v) is 4.88. The first-order chi connectivity index (χ1) is 8.13.